The molecule has 154 valence electrons. The van der Waals surface area contributed by atoms with Crippen LogP contribution in [0.25, 0.3) is 44.3 Å². The van der Waals surface area contributed by atoms with Crippen molar-refractivity contribution >= 4 is 41.4 Å². The Labute approximate surface area is 195 Å². The van der Waals surface area contributed by atoms with Crippen molar-refractivity contribution in [2.24, 2.45) is 7.05 Å². The van der Waals surface area contributed by atoms with Crippen LogP contribution in [0.3, 0.4) is 0 Å². The van der Waals surface area contributed by atoms with Gasteiger partial charge in [0.1, 0.15) is 0 Å². The molecule has 4 heteroatoms. The van der Waals surface area contributed by atoms with Crippen LogP contribution >= 0.6 is 0 Å². The van der Waals surface area contributed by atoms with Gasteiger partial charge in [0.25, 0.3) is 0 Å². The van der Waals surface area contributed by atoms with Crippen LogP contribution in [-0.4, -0.2) is 15.0 Å². The normalized spacial score (nSPS) is 15.4. The van der Waals surface area contributed by atoms with Gasteiger partial charge in [0.2, 0.25) is 0 Å². The van der Waals surface area contributed by atoms with Gasteiger partial charge in [-0.15, -0.1) is 0 Å². The molecule has 0 amide bonds. The molecule has 0 bridgehead atoms. The summed E-state index contributed by atoms with van der Waals surface area (Å²) in [5, 5.41) is 12.5. The fraction of sp³-hybridized carbons (Fsp3) is 0.143. The van der Waals surface area contributed by atoms with Crippen LogP contribution in [-0.2, 0) is 13.4 Å². The van der Waals surface area contributed by atoms with Crippen molar-refractivity contribution in [3.05, 3.63) is 83.6 Å². The second-order valence-corrected chi connectivity index (χ2v) is 10.1. The summed E-state index contributed by atoms with van der Waals surface area (Å²) in [6.07, 6.45) is 0.699. The molecule has 0 N–H and O–H groups in total. The Morgan fingerprint density at radius 2 is 1.81 bits per heavy atom. The van der Waals surface area contributed by atoms with Gasteiger partial charge in [0, 0.05) is 0 Å². The van der Waals surface area contributed by atoms with Crippen LogP contribution in [0.15, 0.2) is 71.3 Å². The fourth-order valence-electron chi connectivity index (χ4n) is 4.68. The zero-order chi connectivity index (χ0) is 23.6. The maximum atomic E-state index is 10.0. The summed E-state index contributed by atoms with van der Waals surface area (Å²) in [5.74, 6) is 0. The summed E-state index contributed by atoms with van der Waals surface area (Å²) in [7, 11) is 2.03. The van der Waals surface area contributed by atoms with Gasteiger partial charge in [-0.2, -0.15) is 0 Å². The predicted octanol–water partition coefficient (Wildman–Crippen LogP) is 5.23. The number of fused-ring (bicyclic) bond motifs is 4. The van der Waals surface area contributed by atoms with E-state index in [1.54, 1.807) is 0 Å². The molecule has 0 radical (unpaired) electrons. The van der Waals surface area contributed by atoms with E-state index >= 15 is 0 Å². The Bertz CT molecular complexity index is 1680. The van der Waals surface area contributed by atoms with Gasteiger partial charge in [-0.1, -0.05) is 0 Å². The van der Waals surface area contributed by atoms with Crippen LogP contribution < -0.4 is 9.03 Å². The first-order chi connectivity index (χ1) is 16.4. The minimum atomic E-state index is -1.33. The predicted molar refractivity (Wildman–Crippen MR) is 129 cm³/mol. The molecule has 0 spiro atoms. The molecule has 0 aliphatic carbocycles. The first kappa shape index (κ1) is 17.2. The van der Waals surface area contributed by atoms with Gasteiger partial charge in [-0.3, -0.25) is 0 Å². The number of nitriles is 1. The van der Waals surface area contributed by atoms with Crippen molar-refractivity contribution in [2.45, 2.75) is 18.6 Å². The van der Waals surface area contributed by atoms with Gasteiger partial charge in [-0.05, 0) is 0 Å². The molecule has 0 fully saturated rings. The molecule has 0 saturated heterocycles. The number of aryl methyl sites for hydroxylation is 3. The summed E-state index contributed by atoms with van der Waals surface area (Å²) in [5.41, 5.74) is 7.70. The third-order valence-electron chi connectivity index (χ3n) is 6.21. The average molecular weight is 482 g/mol. The molecule has 0 unspecified atom stereocenters. The Morgan fingerprint density at radius 3 is 2.62 bits per heavy atom. The molecule has 3 heterocycles. The first-order valence-electron chi connectivity index (χ1n) is 11.5. The standard InChI is InChI=1S/C28H21N2OSe/c1-17-9-11-20-21-12-10-19(16-29)25(22-7-5-6-18-13-15-32-28(18)22)27(21)31-26(20)24(17)23-8-3-4-14-30(23)2/h3-12,14H,13,15H2,1-2H3/q+1/i13D2. The van der Waals surface area contributed by atoms with Crippen molar-refractivity contribution in [3.8, 4) is 28.5 Å². The van der Waals surface area contributed by atoms with E-state index in [2.05, 4.69) is 35.8 Å². The molecule has 3 aromatic carbocycles. The second-order valence-electron chi connectivity index (χ2n) is 8.06. The van der Waals surface area contributed by atoms with Crippen LogP contribution in [0.2, 0.25) is 5.32 Å². The first-order valence-corrected chi connectivity index (χ1v) is 12.6. The number of hydrogen-bond acceptors (Lipinski definition) is 2. The number of furan rings is 1. The maximum absolute atomic E-state index is 10.0. The summed E-state index contributed by atoms with van der Waals surface area (Å²) in [6.45, 7) is 2.09. The molecule has 6 rings (SSSR count). The molecule has 2 aromatic heterocycles. The molecule has 3 nitrogen and oxygen atoms in total. The van der Waals surface area contributed by atoms with Gasteiger partial charge >= 0.3 is 196 Å². The van der Waals surface area contributed by atoms with Gasteiger partial charge in [0.05, 0.1) is 0 Å². The molecule has 5 aromatic rings. The van der Waals surface area contributed by atoms with Crippen molar-refractivity contribution in [2.75, 3.05) is 0 Å². The van der Waals surface area contributed by atoms with E-state index in [-0.39, 0.29) is 15.0 Å². The summed E-state index contributed by atoms with van der Waals surface area (Å²) in [4.78, 5) is 0. The van der Waals surface area contributed by atoms with E-state index in [0.717, 1.165) is 54.3 Å². The molecular formula is C28H21N2OSe+. The number of hydrogen-bond donors (Lipinski definition) is 0. The van der Waals surface area contributed by atoms with Crippen LogP contribution in [0, 0.1) is 18.3 Å². The monoisotopic (exact) mass is 483 g/mol. The zero-order valence-corrected chi connectivity index (χ0v) is 19.5. The number of rotatable bonds is 2. The third kappa shape index (κ3) is 2.76. The van der Waals surface area contributed by atoms with E-state index in [1.165, 1.54) is 0 Å². The SMILES string of the molecule is [2H]C1([2H])C[Se]c2c(-c3c(C#N)ccc4c3oc3c(-c5cccc[n+]5C)c(C)ccc34)cccc21. The summed E-state index contributed by atoms with van der Waals surface area (Å²) < 4.78 is 26.7. The number of benzene rings is 3. The minimum absolute atomic E-state index is 0.00410. The third-order valence-corrected chi connectivity index (χ3v) is 8.35. The van der Waals surface area contributed by atoms with Crippen molar-refractivity contribution in [1.82, 2.24) is 0 Å². The molecule has 0 saturated carbocycles. The molecule has 0 atom stereocenters. The Hall–Kier alpha value is -3.38. The number of pyridine rings is 1. The van der Waals surface area contributed by atoms with Crippen LogP contribution in [0.5, 0.6) is 0 Å². The quantitative estimate of drug-likeness (QED) is 0.256. The van der Waals surface area contributed by atoms with Gasteiger partial charge in [0.15, 0.2) is 0 Å². The average Bonchev–Trinajstić information content (AvgIpc) is 3.36. The Morgan fingerprint density at radius 1 is 1.00 bits per heavy atom. The Balaban J connectivity index is 1.73. The van der Waals surface area contributed by atoms with Crippen LogP contribution in [0.4, 0.5) is 0 Å². The number of aromatic nitrogens is 1. The van der Waals surface area contributed by atoms with Crippen molar-refractivity contribution < 1.29 is 11.7 Å². The zero-order valence-electron chi connectivity index (χ0n) is 19.8. The molecule has 1 aliphatic heterocycles. The number of nitrogens with zero attached hydrogens (tertiary/aromatic N) is 2. The van der Waals surface area contributed by atoms with Gasteiger partial charge in [-0.25, -0.2) is 0 Å². The van der Waals surface area contributed by atoms with E-state index in [4.69, 9.17) is 7.16 Å². The Kier molecular flexibility index (Phi) is 3.95. The van der Waals surface area contributed by atoms with E-state index < -0.39 is 6.37 Å². The van der Waals surface area contributed by atoms with Gasteiger partial charge < -0.3 is 0 Å². The topological polar surface area (TPSA) is 40.8 Å². The molecule has 1 aliphatic rings. The van der Waals surface area contributed by atoms with Crippen LogP contribution in [0.1, 0.15) is 19.4 Å². The fourth-order valence-corrected chi connectivity index (χ4v) is 6.76. The van der Waals surface area contributed by atoms with Crippen molar-refractivity contribution in [3.63, 3.8) is 0 Å². The molecular weight excluding hydrogens is 459 g/mol. The van der Waals surface area contributed by atoms with E-state index in [9.17, 15) is 5.26 Å². The van der Waals surface area contributed by atoms with Crippen molar-refractivity contribution in [1.29, 1.82) is 5.26 Å². The summed E-state index contributed by atoms with van der Waals surface area (Å²) in [6, 6.07) is 22.3. The molecule has 32 heavy (non-hydrogen) atoms. The summed E-state index contributed by atoms with van der Waals surface area (Å²) >= 11 is -0.00410. The second kappa shape index (κ2) is 7.34. The van der Waals surface area contributed by atoms with E-state index in [1.807, 2.05) is 55.7 Å². The van der Waals surface area contributed by atoms with E-state index in [0.29, 0.717) is 16.5 Å².